The Bertz CT molecular complexity index is 1510. The standard InChI is InChI=1S/C26H29FN8O5/c1-32-26(35(36)37)17(12-29-32)16-39-21-10-22-23(28-14-21)11-24(33-6-8-38-9-7-33)31-25(22)40-20-4-2-19(3-5-20)34-15-18(27)13-30-34/h10-15,19-20H,2-9,16H2,1H3. The molecule has 4 aromatic heterocycles. The Hall–Kier alpha value is -4.33. The minimum absolute atomic E-state index is 0.0368. The minimum atomic E-state index is -0.481. The van der Waals surface area contributed by atoms with Crippen LogP contribution < -0.4 is 14.4 Å². The van der Waals surface area contributed by atoms with Crippen LogP contribution in [0.3, 0.4) is 0 Å². The number of morpholine rings is 1. The van der Waals surface area contributed by atoms with E-state index in [-0.39, 0.29) is 30.4 Å². The van der Waals surface area contributed by atoms with Crippen molar-refractivity contribution in [2.45, 2.75) is 44.4 Å². The van der Waals surface area contributed by atoms with Gasteiger partial charge in [-0.05, 0) is 36.7 Å². The van der Waals surface area contributed by atoms with Crippen molar-refractivity contribution in [2.75, 3.05) is 31.2 Å². The predicted octanol–water partition coefficient (Wildman–Crippen LogP) is 3.59. The second kappa shape index (κ2) is 11.0. The fourth-order valence-corrected chi connectivity index (χ4v) is 5.26. The summed E-state index contributed by atoms with van der Waals surface area (Å²) in [6.45, 7) is 2.64. The fraction of sp³-hybridized carbons (Fsp3) is 0.462. The summed E-state index contributed by atoms with van der Waals surface area (Å²) in [6.07, 6.45) is 8.75. The Kier molecular flexibility index (Phi) is 7.15. The van der Waals surface area contributed by atoms with Gasteiger partial charge in [0, 0.05) is 19.2 Å². The molecule has 13 nitrogen and oxygen atoms in total. The van der Waals surface area contributed by atoms with Gasteiger partial charge in [0.2, 0.25) is 5.88 Å². The van der Waals surface area contributed by atoms with Gasteiger partial charge in [-0.2, -0.15) is 10.1 Å². The van der Waals surface area contributed by atoms with E-state index in [9.17, 15) is 14.5 Å². The van der Waals surface area contributed by atoms with Crippen molar-refractivity contribution in [2.24, 2.45) is 7.05 Å². The molecular weight excluding hydrogens is 523 g/mol. The molecule has 0 atom stereocenters. The van der Waals surface area contributed by atoms with E-state index >= 15 is 0 Å². The van der Waals surface area contributed by atoms with Gasteiger partial charge in [-0.25, -0.2) is 4.39 Å². The lowest BCUT2D eigenvalue weighted by Gasteiger charge is -2.30. The number of ether oxygens (including phenoxy) is 3. The Balaban J connectivity index is 1.24. The number of rotatable bonds is 8. The van der Waals surface area contributed by atoms with Gasteiger partial charge in [0.1, 0.15) is 36.9 Å². The third kappa shape index (κ3) is 5.39. The largest absolute Gasteiger partial charge is 0.487 e. The molecule has 0 spiro atoms. The molecule has 0 bridgehead atoms. The molecule has 210 valence electrons. The van der Waals surface area contributed by atoms with Crippen molar-refractivity contribution < 1.29 is 23.5 Å². The van der Waals surface area contributed by atoms with Crippen LogP contribution in [0.4, 0.5) is 16.0 Å². The predicted molar refractivity (Wildman–Crippen MR) is 141 cm³/mol. The summed E-state index contributed by atoms with van der Waals surface area (Å²) in [7, 11) is 1.52. The maximum absolute atomic E-state index is 13.4. The molecule has 2 fully saturated rings. The number of fused-ring (bicyclic) bond motifs is 1. The summed E-state index contributed by atoms with van der Waals surface area (Å²) in [5.74, 6) is 1.19. The highest BCUT2D eigenvalue weighted by molar-refractivity contribution is 5.87. The number of hydrogen-bond donors (Lipinski definition) is 0. The molecule has 5 heterocycles. The number of pyridine rings is 2. The zero-order chi connectivity index (χ0) is 27.6. The SMILES string of the molecule is Cn1ncc(COc2cnc3cc(N4CCOCC4)nc(OC4CCC(n5cc(F)cn5)CC4)c3c2)c1[N+](=O)[O-]. The average molecular weight is 553 g/mol. The lowest BCUT2D eigenvalue weighted by molar-refractivity contribution is -0.393. The topological polar surface area (TPSA) is 135 Å². The molecule has 0 N–H and O–H groups in total. The number of nitrogens with zero attached hydrogens (tertiary/aromatic N) is 8. The molecule has 1 aliphatic heterocycles. The Morgan fingerprint density at radius 3 is 2.65 bits per heavy atom. The van der Waals surface area contributed by atoms with Crippen LogP contribution in [-0.4, -0.2) is 66.9 Å². The first-order valence-corrected chi connectivity index (χ1v) is 13.2. The van der Waals surface area contributed by atoms with E-state index in [1.165, 1.54) is 30.3 Å². The third-order valence-electron chi connectivity index (χ3n) is 7.35. The maximum atomic E-state index is 13.4. The lowest BCUT2D eigenvalue weighted by atomic mass is 9.93. The average Bonchev–Trinajstić information content (AvgIpc) is 3.57. The number of nitro groups is 1. The molecule has 1 aliphatic carbocycles. The van der Waals surface area contributed by atoms with Crippen LogP contribution in [0.25, 0.3) is 10.9 Å². The van der Waals surface area contributed by atoms with Gasteiger partial charge in [-0.1, -0.05) is 5.10 Å². The molecular formula is C26H29FN8O5. The highest BCUT2D eigenvalue weighted by atomic mass is 19.1. The normalized spacial score (nSPS) is 19.6. The maximum Gasteiger partial charge on any atom is 0.351 e. The summed E-state index contributed by atoms with van der Waals surface area (Å²) in [4.78, 5) is 22.6. The van der Waals surface area contributed by atoms with Crippen LogP contribution in [0.5, 0.6) is 11.6 Å². The van der Waals surface area contributed by atoms with E-state index in [2.05, 4.69) is 20.1 Å². The molecule has 40 heavy (non-hydrogen) atoms. The van der Waals surface area contributed by atoms with Crippen molar-refractivity contribution in [3.05, 3.63) is 58.4 Å². The first kappa shape index (κ1) is 25.9. The van der Waals surface area contributed by atoms with Gasteiger partial charge < -0.3 is 29.2 Å². The summed E-state index contributed by atoms with van der Waals surface area (Å²) in [5, 5.41) is 20.2. The molecule has 1 saturated carbocycles. The first-order valence-electron chi connectivity index (χ1n) is 13.2. The van der Waals surface area contributed by atoms with E-state index in [4.69, 9.17) is 19.2 Å². The molecule has 0 aromatic carbocycles. The van der Waals surface area contributed by atoms with E-state index in [0.717, 1.165) is 31.5 Å². The molecule has 0 amide bonds. The Labute approximate surface area is 228 Å². The van der Waals surface area contributed by atoms with E-state index in [1.807, 2.05) is 6.07 Å². The van der Waals surface area contributed by atoms with Gasteiger partial charge in [0.15, 0.2) is 5.82 Å². The summed E-state index contributed by atoms with van der Waals surface area (Å²) in [6, 6.07) is 3.85. The Morgan fingerprint density at radius 1 is 1.12 bits per heavy atom. The molecule has 0 radical (unpaired) electrons. The first-order chi connectivity index (χ1) is 19.4. The van der Waals surface area contributed by atoms with Crippen LogP contribution in [0.15, 0.2) is 36.9 Å². The van der Waals surface area contributed by atoms with Crippen molar-refractivity contribution in [1.29, 1.82) is 0 Å². The molecule has 1 saturated heterocycles. The van der Waals surface area contributed by atoms with Crippen LogP contribution in [0.2, 0.25) is 0 Å². The summed E-state index contributed by atoms with van der Waals surface area (Å²) < 4.78 is 34.2. The van der Waals surface area contributed by atoms with Gasteiger partial charge in [0.25, 0.3) is 0 Å². The van der Waals surface area contributed by atoms with Crippen molar-refractivity contribution in [1.82, 2.24) is 29.5 Å². The number of hydrogen-bond acceptors (Lipinski definition) is 10. The quantitative estimate of drug-likeness (QED) is 0.236. The molecule has 4 aromatic rings. The number of halogens is 1. The highest BCUT2D eigenvalue weighted by Crippen LogP contribution is 2.35. The van der Waals surface area contributed by atoms with E-state index in [1.54, 1.807) is 16.9 Å². The molecule has 0 unspecified atom stereocenters. The summed E-state index contributed by atoms with van der Waals surface area (Å²) in [5.41, 5.74) is 1.06. The van der Waals surface area contributed by atoms with Crippen LogP contribution in [0.1, 0.15) is 37.3 Å². The monoisotopic (exact) mass is 552 g/mol. The van der Waals surface area contributed by atoms with Gasteiger partial charge >= 0.3 is 5.82 Å². The van der Waals surface area contributed by atoms with Gasteiger partial charge in [-0.15, -0.1) is 4.68 Å². The lowest BCUT2D eigenvalue weighted by Crippen LogP contribution is -2.36. The molecule has 6 rings (SSSR count). The summed E-state index contributed by atoms with van der Waals surface area (Å²) >= 11 is 0. The molecule has 2 aliphatic rings. The van der Waals surface area contributed by atoms with E-state index in [0.29, 0.717) is 54.4 Å². The van der Waals surface area contributed by atoms with E-state index < -0.39 is 4.92 Å². The zero-order valence-electron chi connectivity index (χ0n) is 22.0. The number of aromatic nitrogens is 6. The minimum Gasteiger partial charge on any atom is -0.487 e. The zero-order valence-corrected chi connectivity index (χ0v) is 22.0. The van der Waals surface area contributed by atoms with Crippen LogP contribution in [-0.2, 0) is 18.4 Å². The number of aryl methyl sites for hydroxylation is 1. The van der Waals surface area contributed by atoms with Crippen LogP contribution >= 0.6 is 0 Å². The second-order valence-electron chi connectivity index (χ2n) is 9.97. The van der Waals surface area contributed by atoms with Crippen LogP contribution in [0, 0.1) is 15.9 Å². The van der Waals surface area contributed by atoms with Crippen molar-refractivity contribution >= 4 is 22.5 Å². The Morgan fingerprint density at radius 2 is 1.93 bits per heavy atom. The highest BCUT2D eigenvalue weighted by Gasteiger charge is 2.26. The molecule has 14 heteroatoms. The second-order valence-corrected chi connectivity index (χ2v) is 9.97. The van der Waals surface area contributed by atoms with Crippen molar-refractivity contribution in [3.63, 3.8) is 0 Å². The fourth-order valence-electron chi connectivity index (χ4n) is 5.26. The van der Waals surface area contributed by atoms with Crippen molar-refractivity contribution in [3.8, 4) is 11.6 Å². The number of anilines is 1. The smallest absolute Gasteiger partial charge is 0.351 e. The van der Waals surface area contributed by atoms with Gasteiger partial charge in [-0.3, -0.25) is 9.67 Å². The third-order valence-corrected chi connectivity index (χ3v) is 7.35. The van der Waals surface area contributed by atoms with Gasteiger partial charge in [0.05, 0.1) is 54.9 Å².